The first-order chi connectivity index (χ1) is 7.20. The van der Waals surface area contributed by atoms with Gasteiger partial charge in [-0.3, -0.25) is 0 Å². The minimum Gasteiger partial charge on any atom is -0.166 e. The van der Waals surface area contributed by atoms with Crippen LogP contribution in [0.15, 0.2) is 18.2 Å². The molecule has 0 bridgehead atoms. The Morgan fingerprint density at radius 2 is 1.81 bits per heavy atom. The summed E-state index contributed by atoms with van der Waals surface area (Å²) in [6.45, 7) is 1.63. The largest absolute Gasteiger partial charge is 0.416 e. The van der Waals surface area contributed by atoms with Crippen LogP contribution in [-0.4, -0.2) is 4.33 Å². The fourth-order valence-electron chi connectivity index (χ4n) is 1.75. The molecule has 1 aliphatic rings. The lowest BCUT2D eigenvalue weighted by molar-refractivity contribution is -0.137. The Bertz CT molecular complexity index is 424. The fraction of sp³-hybridized carbons (Fsp3) is 0.455. The van der Waals surface area contributed by atoms with Crippen molar-refractivity contribution in [2.75, 3.05) is 0 Å². The molecule has 0 N–H and O–H groups in total. The molecule has 5 heteroatoms. The number of alkyl halides is 5. The van der Waals surface area contributed by atoms with Crippen LogP contribution in [0.2, 0.25) is 0 Å². The molecule has 0 aromatic heterocycles. The average Bonchev–Trinajstić information content (AvgIpc) is 2.72. The molecular weight excluding hydrogens is 260 g/mol. The van der Waals surface area contributed by atoms with Gasteiger partial charge in [-0.15, -0.1) is 23.2 Å². The minimum atomic E-state index is -4.32. The maximum atomic E-state index is 12.6. The van der Waals surface area contributed by atoms with E-state index in [9.17, 15) is 13.2 Å². The summed E-state index contributed by atoms with van der Waals surface area (Å²) in [6, 6.07) is 3.95. The lowest BCUT2D eigenvalue weighted by Crippen LogP contribution is -2.06. The second-order valence-corrected chi connectivity index (χ2v) is 5.69. The average molecular weight is 269 g/mol. The highest BCUT2D eigenvalue weighted by atomic mass is 35.5. The van der Waals surface area contributed by atoms with E-state index in [1.807, 2.05) is 0 Å². The van der Waals surface area contributed by atoms with E-state index in [4.69, 9.17) is 23.2 Å². The molecule has 1 aromatic rings. The van der Waals surface area contributed by atoms with Crippen molar-refractivity contribution < 1.29 is 13.2 Å². The molecule has 0 unspecified atom stereocenters. The zero-order valence-electron chi connectivity index (χ0n) is 8.41. The number of benzene rings is 1. The highest BCUT2D eigenvalue weighted by Gasteiger charge is 2.52. The highest BCUT2D eigenvalue weighted by Crippen LogP contribution is 2.59. The molecular formula is C11H9Cl2F3. The van der Waals surface area contributed by atoms with Gasteiger partial charge >= 0.3 is 6.18 Å². The third-order valence-corrected chi connectivity index (χ3v) is 3.49. The van der Waals surface area contributed by atoms with Crippen LogP contribution in [0.1, 0.15) is 29.0 Å². The van der Waals surface area contributed by atoms with Crippen molar-refractivity contribution >= 4 is 23.2 Å². The van der Waals surface area contributed by atoms with Crippen LogP contribution < -0.4 is 0 Å². The molecule has 88 valence electrons. The highest BCUT2D eigenvalue weighted by molar-refractivity contribution is 6.51. The van der Waals surface area contributed by atoms with Gasteiger partial charge in [0, 0.05) is 5.92 Å². The quantitative estimate of drug-likeness (QED) is 0.649. The zero-order chi connectivity index (χ0) is 12.1. The molecule has 1 saturated carbocycles. The van der Waals surface area contributed by atoms with E-state index in [0.29, 0.717) is 17.5 Å². The second kappa shape index (κ2) is 3.54. The zero-order valence-corrected chi connectivity index (χ0v) is 9.92. The van der Waals surface area contributed by atoms with Gasteiger partial charge in [-0.2, -0.15) is 13.2 Å². The van der Waals surface area contributed by atoms with E-state index in [2.05, 4.69) is 0 Å². The summed E-state index contributed by atoms with van der Waals surface area (Å²) in [5.74, 6) is -0.183. The predicted octanol–water partition coefficient (Wildman–Crippen LogP) is 4.68. The van der Waals surface area contributed by atoms with Crippen molar-refractivity contribution in [3.8, 4) is 0 Å². The maximum Gasteiger partial charge on any atom is 0.416 e. The first kappa shape index (κ1) is 12.1. The van der Waals surface area contributed by atoms with Crippen LogP contribution in [0.5, 0.6) is 0 Å². The first-order valence-corrected chi connectivity index (χ1v) is 5.52. The summed E-state index contributed by atoms with van der Waals surface area (Å²) in [5, 5.41) is 0. The number of hydrogen-bond acceptors (Lipinski definition) is 0. The lowest BCUT2D eigenvalue weighted by atomic mass is 10.0. The fourth-order valence-corrected chi connectivity index (χ4v) is 2.31. The second-order valence-electron chi connectivity index (χ2n) is 4.15. The molecule has 0 aliphatic heterocycles. The molecule has 0 radical (unpaired) electrons. The van der Waals surface area contributed by atoms with Gasteiger partial charge in [0.05, 0.1) is 5.56 Å². The van der Waals surface area contributed by atoms with E-state index in [-0.39, 0.29) is 5.92 Å². The molecule has 1 atom stereocenters. The number of rotatable bonds is 1. The van der Waals surface area contributed by atoms with Gasteiger partial charge in [-0.1, -0.05) is 11.6 Å². The Morgan fingerprint density at radius 1 is 1.25 bits per heavy atom. The van der Waals surface area contributed by atoms with Crippen molar-refractivity contribution in [1.82, 2.24) is 0 Å². The molecule has 0 heterocycles. The van der Waals surface area contributed by atoms with Crippen LogP contribution in [0.25, 0.3) is 0 Å². The van der Waals surface area contributed by atoms with E-state index < -0.39 is 16.1 Å². The summed E-state index contributed by atoms with van der Waals surface area (Å²) in [5.41, 5.74) is 0.497. The van der Waals surface area contributed by atoms with Gasteiger partial charge in [0.25, 0.3) is 0 Å². The van der Waals surface area contributed by atoms with Crippen LogP contribution in [0.4, 0.5) is 13.2 Å². The Kier molecular flexibility index (Phi) is 2.67. The first-order valence-electron chi connectivity index (χ1n) is 4.77. The SMILES string of the molecule is Cc1cc([C@@H]2CC2(Cl)Cl)cc(C(F)(F)F)c1. The molecule has 2 rings (SSSR count). The van der Waals surface area contributed by atoms with Crippen molar-refractivity contribution in [1.29, 1.82) is 0 Å². The Morgan fingerprint density at radius 3 is 2.25 bits per heavy atom. The van der Waals surface area contributed by atoms with E-state index in [1.54, 1.807) is 13.0 Å². The molecule has 1 aromatic carbocycles. The van der Waals surface area contributed by atoms with Gasteiger partial charge in [-0.05, 0) is 31.0 Å². The molecule has 0 saturated heterocycles. The molecule has 1 fully saturated rings. The van der Waals surface area contributed by atoms with Gasteiger partial charge in [0.2, 0.25) is 0 Å². The molecule has 0 spiro atoms. The van der Waals surface area contributed by atoms with Crippen molar-refractivity contribution in [2.45, 2.75) is 29.8 Å². The Labute approximate surface area is 101 Å². The number of halogens is 5. The summed E-state index contributed by atoms with van der Waals surface area (Å²) in [7, 11) is 0. The summed E-state index contributed by atoms with van der Waals surface area (Å²) < 4.78 is 36.8. The van der Waals surface area contributed by atoms with Crippen LogP contribution in [0.3, 0.4) is 0 Å². The number of aryl methyl sites for hydroxylation is 1. The maximum absolute atomic E-state index is 12.6. The molecule has 1 aliphatic carbocycles. The summed E-state index contributed by atoms with van der Waals surface area (Å²) >= 11 is 11.7. The third-order valence-electron chi connectivity index (χ3n) is 2.66. The summed E-state index contributed by atoms with van der Waals surface area (Å²) in [4.78, 5) is 0. The van der Waals surface area contributed by atoms with Crippen molar-refractivity contribution in [2.24, 2.45) is 0 Å². The smallest absolute Gasteiger partial charge is 0.166 e. The summed E-state index contributed by atoms with van der Waals surface area (Å²) in [6.07, 6.45) is -3.81. The normalized spacial score (nSPS) is 23.2. The number of hydrogen-bond donors (Lipinski definition) is 0. The standard InChI is InChI=1S/C11H9Cl2F3/c1-6-2-7(9-5-10(9,12)13)4-8(3-6)11(14,15)16/h2-4,9H,5H2,1H3/t9-/m0/s1. The minimum absolute atomic E-state index is 0.183. The van der Waals surface area contributed by atoms with Gasteiger partial charge in [-0.25, -0.2) is 0 Å². The topological polar surface area (TPSA) is 0 Å². The van der Waals surface area contributed by atoms with Gasteiger partial charge in [0.15, 0.2) is 0 Å². The van der Waals surface area contributed by atoms with E-state index in [0.717, 1.165) is 12.1 Å². The lowest BCUT2D eigenvalue weighted by Gasteiger charge is -2.10. The van der Waals surface area contributed by atoms with E-state index >= 15 is 0 Å². The van der Waals surface area contributed by atoms with E-state index in [1.165, 1.54) is 0 Å². The monoisotopic (exact) mass is 268 g/mol. The molecule has 0 nitrogen and oxygen atoms in total. The van der Waals surface area contributed by atoms with Crippen LogP contribution in [0, 0.1) is 6.92 Å². The Balaban J connectivity index is 2.38. The Hall–Kier alpha value is -0.410. The molecule has 0 amide bonds. The van der Waals surface area contributed by atoms with Gasteiger partial charge < -0.3 is 0 Å². The molecule has 16 heavy (non-hydrogen) atoms. The third kappa shape index (κ3) is 2.30. The van der Waals surface area contributed by atoms with Crippen molar-refractivity contribution in [3.05, 3.63) is 34.9 Å². The van der Waals surface area contributed by atoms with Crippen LogP contribution >= 0.6 is 23.2 Å². The van der Waals surface area contributed by atoms with Gasteiger partial charge in [0.1, 0.15) is 4.33 Å². The predicted molar refractivity (Wildman–Crippen MR) is 58.0 cm³/mol. The van der Waals surface area contributed by atoms with Crippen molar-refractivity contribution in [3.63, 3.8) is 0 Å². The van der Waals surface area contributed by atoms with Crippen LogP contribution in [-0.2, 0) is 6.18 Å².